The van der Waals surface area contributed by atoms with Crippen LogP contribution in [0.1, 0.15) is 13.8 Å². The zero-order valence-electron chi connectivity index (χ0n) is 7.42. The molecule has 1 heterocycles. The summed E-state index contributed by atoms with van der Waals surface area (Å²) in [6.07, 6.45) is 3.44. The quantitative estimate of drug-likeness (QED) is 0.718. The van der Waals surface area contributed by atoms with E-state index in [1.165, 1.54) is 0 Å². The Balaban J connectivity index is 2.92. The van der Waals surface area contributed by atoms with Crippen molar-refractivity contribution in [2.75, 3.05) is 18.0 Å². The van der Waals surface area contributed by atoms with Crippen molar-refractivity contribution in [2.45, 2.75) is 13.8 Å². The number of halogens is 1. The SMILES string of the molecule is CCN(CC)c1ccncc1Cl. The lowest BCUT2D eigenvalue weighted by molar-refractivity contribution is 0.865. The number of hydrogen-bond acceptors (Lipinski definition) is 2. The zero-order valence-corrected chi connectivity index (χ0v) is 8.17. The average Bonchev–Trinajstić information content (AvgIpc) is 2.10. The second-order valence-corrected chi connectivity index (χ2v) is 2.91. The van der Waals surface area contributed by atoms with Crippen LogP contribution in [0.3, 0.4) is 0 Å². The first kappa shape index (κ1) is 9.33. The maximum absolute atomic E-state index is 5.97. The second-order valence-electron chi connectivity index (χ2n) is 2.50. The molecule has 0 N–H and O–H groups in total. The first-order valence-electron chi connectivity index (χ1n) is 4.14. The summed E-state index contributed by atoms with van der Waals surface area (Å²) >= 11 is 5.97. The topological polar surface area (TPSA) is 16.1 Å². The maximum atomic E-state index is 5.97. The van der Waals surface area contributed by atoms with Gasteiger partial charge in [-0.25, -0.2) is 0 Å². The highest BCUT2D eigenvalue weighted by molar-refractivity contribution is 6.33. The van der Waals surface area contributed by atoms with Crippen LogP contribution in [0.5, 0.6) is 0 Å². The number of nitrogens with zero attached hydrogens (tertiary/aromatic N) is 2. The normalized spacial score (nSPS) is 9.92. The molecule has 0 saturated heterocycles. The highest BCUT2D eigenvalue weighted by Gasteiger charge is 2.04. The Labute approximate surface area is 78.2 Å². The van der Waals surface area contributed by atoms with Crippen molar-refractivity contribution in [3.05, 3.63) is 23.5 Å². The van der Waals surface area contributed by atoms with Crippen molar-refractivity contribution >= 4 is 17.3 Å². The molecular weight excluding hydrogens is 172 g/mol. The van der Waals surface area contributed by atoms with Gasteiger partial charge >= 0.3 is 0 Å². The van der Waals surface area contributed by atoms with Crippen LogP contribution in [0, 0.1) is 0 Å². The highest BCUT2D eigenvalue weighted by atomic mass is 35.5. The Morgan fingerprint density at radius 3 is 2.58 bits per heavy atom. The Hall–Kier alpha value is -0.760. The van der Waals surface area contributed by atoms with Gasteiger partial charge in [0.05, 0.1) is 10.7 Å². The van der Waals surface area contributed by atoms with Gasteiger partial charge in [-0.3, -0.25) is 4.98 Å². The minimum atomic E-state index is 0.723. The summed E-state index contributed by atoms with van der Waals surface area (Å²) in [5, 5.41) is 0.723. The van der Waals surface area contributed by atoms with E-state index in [4.69, 9.17) is 11.6 Å². The molecule has 1 rings (SSSR count). The molecule has 12 heavy (non-hydrogen) atoms. The lowest BCUT2D eigenvalue weighted by Gasteiger charge is -2.21. The molecule has 0 fully saturated rings. The fraction of sp³-hybridized carbons (Fsp3) is 0.444. The summed E-state index contributed by atoms with van der Waals surface area (Å²) < 4.78 is 0. The molecule has 0 atom stereocenters. The van der Waals surface area contributed by atoms with Gasteiger partial charge in [-0.2, -0.15) is 0 Å². The number of pyridine rings is 1. The van der Waals surface area contributed by atoms with Crippen LogP contribution in [-0.4, -0.2) is 18.1 Å². The minimum Gasteiger partial charge on any atom is -0.371 e. The summed E-state index contributed by atoms with van der Waals surface area (Å²) in [7, 11) is 0. The molecule has 0 aliphatic carbocycles. The Morgan fingerprint density at radius 1 is 1.42 bits per heavy atom. The summed E-state index contributed by atoms with van der Waals surface area (Å²) in [4.78, 5) is 6.14. The van der Waals surface area contributed by atoms with E-state index < -0.39 is 0 Å². The van der Waals surface area contributed by atoms with Gasteiger partial charge in [0.25, 0.3) is 0 Å². The number of hydrogen-bond donors (Lipinski definition) is 0. The van der Waals surface area contributed by atoms with Crippen molar-refractivity contribution < 1.29 is 0 Å². The summed E-state index contributed by atoms with van der Waals surface area (Å²) in [5.74, 6) is 0. The van der Waals surface area contributed by atoms with Crippen molar-refractivity contribution in [3.8, 4) is 0 Å². The van der Waals surface area contributed by atoms with E-state index in [0.29, 0.717) is 0 Å². The molecule has 66 valence electrons. The summed E-state index contributed by atoms with van der Waals surface area (Å²) in [6.45, 7) is 6.17. The molecule has 2 nitrogen and oxygen atoms in total. The molecule has 0 radical (unpaired) electrons. The monoisotopic (exact) mass is 184 g/mol. The van der Waals surface area contributed by atoms with Crippen LogP contribution in [-0.2, 0) is 0 Å². The fourth-order valence-electron chi connectivity index (χ4n) is 1.19. The molecule has 0 amide bonds. The molecule has 0 aliphatic heterocycles. The number of aromatic nitrogens is 1. The van der Waals surface area contributed by atoms with Gasteiger partial charge in [0.15, 0.2) is 0 Å². The smallest absolute Gasteiger partial charge is 0.0822 e. The molecule has 0 spiro atoms. The third-order valence-corrected chi connectivity index (χ3v) is 2.15. The van der Waals surface area contributed by atoms with Gasteiger partial charge in [-0.1, -0.05) is 11.6 Å². The van der Waals surface area contributed by atoms with Crippen LogP contribution in [0.2, 0.25) is 5.02 Å². The van der Waals surface area contributed by atoms with E-state index in [9.17, 15) is 0 Å². The van der Waals surface area contributed by atoms with E-state index >= 15 is 0 Å². The van der Waals surface area contributed by atoms with Gasteiger partial charge in [0, 0.05) is 25.5 Å². The lowest BCUT2D eigenvalue weighted by atomic mass is 10.3. The van der Waals surface area contributed by atoms with Crippen LogP contribution in [0.25, 0.3) is 0 Å². The lowest BCUT2D eigenvalue weighted by Crippen LogP contribution is -2.22. The molecule has 1 aromatic rings. The van der Waals surface area contributed by atoms with Crippen LogP contribution >= 0.6 is 11.6 Å². The third-order valence-electron chi connectivity index (χ3n) is 1.86. The van der Waals surface area contributed by atoms with Crippen molar-refractivity contribution in [3.63, 3.8) is 0 Å². The molecule has 0 aromatic carbocycles. The standard InChI is InChI=1S/C9H13ClN2/c1-3-12(4-2)9-5-6-11-7-8(9)10/h5-7H,3-4H2,1-2H3. The van der Waals surface area contributed by atoms with Crippen LogP contribution in [0.15, 0.2) is 18.5 Å². The van der Waals surface area contributed by atoms with Crippen molar-refractivity contribution in [2.24, 2.45) is 0 Å². The van der Waals surface area contributed by atoms with E-state index in [0.717, 1.165) is 23.8 Å². The Morgan fingerprint density at radius 2 is 2.08 bits per heavy atom. The predicted molar refractivity (Wildman–Crippen MR) is 52.8 cm³/mol. The molecule has 3 heteroatoms. The highest BCUT2D eigenvalue weighted by Crippen LogP contribution is 2.23. The van der Waals surface area contributed by atoms with Gasteiger partial charge in [-0.05, 0) is 19.9 Å². The minimum absolute atomic E-state index is 0.723. The summed E-state index contributed by atoms with van der Waals surface area (Å²) in [5.41, 5.74) is 1.07. The Bertz CT molecular complexity index is 246. The molecule has 0 bridgehead atoms. The second kappa shape index (κ2) is 4.31. The van der Waals surface area contributed by atoms with E-state index in [2.05, 4.69) is 23.7 Å². The van der Waals surface area contributed by atoms with Gasteiger partial charge < -0.3 is 4.90 Å². The maximum Gasteiger partial charge on any atom is 0.0822 e. The first-order chi connectivity index (χ1) is 5.79. The van der Waals surface area contributed by atoms with Gasteiger partial charge in [0.1, 0.15) is 0 Å². The fourth-order valence-corrected chi connectivity index (χ4v) is 1.43. The Kier molecular flexibility index (Phi) is 3.35. The third kappa shape index (κ3) is 1.89. The molecular formula is C9H13ClN2. The van der Waals surface area contributed by atoms with Crippen LogP contribution in [0.4, 0.5) is 5.69 Å². The molecule has 0 aliphatic rings. The van der Waals surface area contributed by atoms with Crippen molar-refractivity contribution in [1.29, 1.82) is 0 Å². The molecule has 0 unspecified atom stereocenters. The van der Waals surface area contributed by atoms with E-state index in [1.54, 1.807) is 12.4 Å². The zero-order chi connectivity index (χ0) is 8.97. The van der Waals surface area contributed by atoms with E-state index in [-0.39, 0.29) is 0 Å². The van der Waals surface area contributed by atoms with E-state index in [1.807, 2.05) is 6.07 Å². The average molecular weight is 185 g/mol. The van der Waals surface area contributed by atoms with Gasteiger partial charge in [0.2, 0.25) is 0 Å². The van der Waals surface area contributed by atoms with Crippen molar-refractivity contribution in [1.82, 2.24) is 4.98 Å². The first-order valence-corrected chi connectivity index (χ1v) is 4.51. The number of anilines is 1. The van der Waals surface area contributed by atoms with Gasteiger partial charge in [-0.15, -0.1) is 0 Å². The number of rotatable bonds is 3. The molecule has 0 saturated carbocycles. The molecule has 1 aromatic heterocycles. The van der Waals surface area contributed by atoms with Crippen LogP contribution < -0.4 is 4.90 Å². The predicted octanol–water partition coefficient (Wildman–Crippen LogP) is 2.58. The summed E-state index contributed by atoms with van der Waals surface area (Å²) in [6, 6.07) is 1.94. The largest absolute Gasteiger partial charge is 0.371 e.